The first kappa shape index (κ1) is 11.4. The molecule has 2 aromatic rings. The summed E-state index contributed by atoms with van der Waals surface area (Å²) in [7, 11) is 0. The minimum atomic E-state index is 0.714. The van der Waals surface area contributed by atoms with Gasteiger partial charge in [-0.3, -0.25) is 9.88 Å². The number of aromatic nitrogens is 1. The van der Waals surface area contributed by atoms with E-state index in [0.717, 1.165) is 43.8 Å². The van der Waals surface area contributed by atoms with E-state index in [0.29, 0.717) is 5.69 Å². The largest absolute Gasteiger partial charge is 0.397 e. The van der Waals surface area contributed by atoms with Gasteiger partial charge in [0.1, 0.15) is 0 Å². The Kier molecular flexibility index (Phi) is 3.13. The molecular weight excluding hydrogens is 226 g/mol. The van der Waals surface area contributed by atoms with Gasteiger partial charge in [0.25, 0.3) is 0 Å². The molecule has 1 aromatic carbocycles. The number of nitrogens with zero attached hydrogens (tertiary/aromatic N) is 2. The molecule has 4 heteroatoms. The fourth-order valence-corrected chi connectivity index (χ4v) is 2.31. The molecule has 0 aliphatic carbocycles. The van der Waals surface area contributed by atoms with Crippen molar-refractivity contribution in [3.8, 4) is 0 Å². The highest BCUT2D eigenvalue weighted by molar-refractivity contribution is 5.81. The molecule has 0 bridgehead atoms. The zero-order chi connectivity index (χ0) is 12.4. The van der Waals surface area contributed by atoms with Crippen LogP contribution in [0, 0.1) is 0 Å². The molecule has 1 fully saturated rings. The van der Waals surface area contributed by atoms with Crippen LogP contribution < -0.4 is 5.73 Å². The summed E-state index contributed by atoms with van der Waals surface area (Å²) in [6.07, 6.45) is 1.70. The Morgan fingerprint density at radius 1 is 1.22 bits per heavy atom. The summed E-state index contributed by atoms with van der Waals surface area (Å²) in [6, 6.07) is 8.35. The summed E-state index contributed by atoms with van der Waals surface area (Å²) in [4.78, 5) is 6.72. The van der Waals surface area contributed by atoms with Gasteiger partial charge in [0.05, 0.1) is 30.6 Å². The number of rotatable bonds is 2. The lowest BCUT2D eigenvalue weighted by Gasteiger charge is -2.26. The summed E-state index contributed by atoms with van der Waals surface area (Å²) in [6.45, 7) is 4.65. The van der Waals surface area contributed by atoms with Crippen LogP contribution >= 0.6 is 0 Å². The van der Waals surface area contributed by atoms with E-state index in [1.54, 1.807) is 6.20 Å². The first-order valence-electron chi connectivity index (χ1n) is 6.25. The van der Waals surface area contributed by atoms with Crippen molar-refractivity contribution in [2.24, 2.45) is 0 Å². The predicted octanol–water partition coefficient (Wildman–Crippen LogP) is 1.65. The Morgan fingerprint density at radius 2 is 2.06 bits per heavy atom. The summed E-state index contributed by atoms with van der Waals surface area (Å²) >= 11 is 0. The molecule has 4 nitrogen and oxygen atoms in total. The van der Waals surface area contributed by atoms with E-state index in [9.17, 15) is 0 Å². The van der Waals surface area contributed by atoms with Crippen LogP contribution in [0.2, 0.25) is 0 Å². The molecule has 0 saturated carbocycles. The molecular formula is C14H17N3O. The Bertz CT molecular complexity index is 550. The highest BCUT2D eigenvalue weighted by Gasteiger charge is 2.10. The Balaban J connectivity index is 1.83. The fraction of sp³-hybridized carbons (Fsp3) is 0.357. The Morgan fingerprint density at radius 3 is 2.89 bits per heavy atom. The number of ether oxygens (including phenoxy) is 1. The number of morpholine rings is 1. The van der Waals surface area contributed by atoms with Crippen molar-refractivity contribution in [1.82, 2.24) is 9.88 Å². The maximum atomic E-state index is 5.77. The molecule has 2 N–H and O–H groups in total. The lowest BCUT2D eigenvalue weighted by atomic mass is 10.1. The van der Waals surface area contributed by atoms with Crippen LogP contribution in [0.3, 0.4) is 0 Å². The number of fused-ring (bicyclic) bond motifs is 1. The summed E-state index contributed by atoms with van der Waals surface area (Å²) in [5.41, 5.74) is 8.78. The van der Waals surface area contributed by atoms with E-state index in [2.05, 4.69) is 28.1 Å². The van der Waals surface area contributed by atoms with Crippen molar-refractivity contribution >= 4 is 16.6 Å². The zero-order valence-corrected chi connectivity index (χ0v) is 10.3. The third-order valence-electron chi connectivity index (χ3n) is 3.28. The minimum absolute atomic E-state index is 0.714. The van der Waals surface area contributed by atoms with E-state index < -0.39 is 0 Å². The van der Waals surface area contributed by atoms with Gasteiger partial charge in [-0.25, -0.2) is 0 Å². The van der Waals surface area contributed by atoms with E-state index in [4.69, 9.17) is 10.5 Å². The van der Waals surface area contributed by atoms with Crippen LogP contribution in [0.15, 0.2) is 30.5 Å². The van der Waals surface area contributed by atoms with Gasteiger partial charge < -0.3 is 10.5 Å². The standard InChI is InChI=1S/C14H17N3O/c15-13-8-12-7-11(1-2-14(12)16-9-13)10-17-3-5-18-6-4-17/h1-2,7-9H,3-6,10,15H2. The molecule has 1 aliphatic rings. The molecule has 1 aromatic heterocycles. The van der Waals surface area contributed by atoms with Gasteiger partial charge in [-0.2, -0.15) is 0 Å². The smallest absolute Gasteiger partial charge is 0.0703 e. The number of anilines is 1. The molecule has 1 aliphatic heterocycles. The van der Waals surface area contributed by atoms with E-state index in [-0.39, 0.29) is 0 Å². The number of pyridine rings is 1. The monoisotopic (exact) mass is 243 g/mol. The van der Waals surface area contributed by atoms with Crippen molar-refractivity contribution in [2.45, 2.75) is 6.54 Å². The summed E-state index contributed by atoms with van der Waals surface area (Å²) in [5.74, 6) is 0. The van der Waals surface area contributed by atoms with E-state index >= 15 is 0 Å². The number of hydrogen-bond donors (Lipinski definition) is 1. The zero-order valence-electron chi connectivity index (χ0n) is 10.3. The number of benzene rings is 1. The van der Waals surface area contributed by atoms with E-state index in [1.807, 2.05) is 6.07 Å². The van der Waals surface area contributed by atoms with Gasteiger partial charge in [0.2, 0.25) is 0 Å². The highest BCUT2D eigenvalue weighted by atomic mass is 16.5. The SMILES string of the molecule is Nc1cnc2ccc(CN3CCOCC3)cc2c1. The number of nitrogen functional groups attached to an aromatic ring is 1. The third kappa shape index (κ3) is 2.44. The molecule has 0 spiro atoms. The fourth-order valence-electron chi connectivity index (χ4n) is 2.31. The lowest BCUT2D eigenvalue weighted by Crippen LogP contribution is -2.35. The molecule has 0 unspecified atom stereocenters. The molecule has 1 saturated heterocycles. The second kappa shape index (κ2) is 4.92. The van der Waals surface area contributed by atoms with Gasteiger partial charge >= 0.3 is 0 Å². The Hall–Kier alpha value is -1.65. The minimum Gasteiger partial charge on any atom is -0.397 e. The van der Waals surface area contributed by atoms with Crippen LogP contribution in [0.4, 0.5) is 5.69 Å². The summed E-state index contributed by atoms with van der Waals surface area (Å²) < 4.78 is 5.36. The predicted molar refractivity (Wildman–Crippen MR) is 72.3 cm³/mol. The number of nitrogens with two attached hydrogens (primary N) is 1. The van der Waals surface area contributed by atoms with Crippen molar-refractivity contribution < 1.29 is 4.74 Å². The molecule has 18 heavy (non-hydrogen) atoms. The quantitative estimate of drug-likeness (QED) is 0.871. The van der Waals surface area contributed by atoms with E-state index in [1.165, 1.54) is 5.56 Å². The first-order chi connectivity index (χ1) is 8.81. The maximum absolute atomic E-state index is 5.77. The topological polar surface area (TPSA) is 51.4 Å². The van der Waals surface area contributed by atoms with Crippen molar-refractivity contribution in [2.75, 3.05) is 32.0 Å². The molecule has 2 heterocycles. The average molecular weight is 243 g/mol. The molecule has 3 rings (SSSR count). The van der Waals surface area contributed by atoms with Gasteiger partial charge in [-0.1, -0.05) is 6.07 Å². The van der Waals surface area contributed by atoms with Crippen LogP contribution in [0.1, 0.15) is 5.56 Å². The lowest BCUT2D eigenvalue weighted by molar-refractivity contribution is 0.0342. The third-order valence-corrected chi connectivity index (χ3v) is 3.28. The molecule has 0 amide bonds. The van der Waals surface area contributed by atoms with Crippen molar-refractivity contribution in [3.63, 3.8) is 0 Å². The first-order valence-corrected chi connectivity index (χ1v) is 6.25. The highest BCUT2D eigenvalue weighted by Crippen LogP contribution is 2.17. The van der Waals surface area contributed by atoms with Crippen molar-refractivity contribution in [3.05, 3.63) is 36.0 Å². The van der Waals surface area contributed by atoms with Crippen LogP contribution in [0.5, 0.6) is 0 Å². The van der Waals surface area contributed by atoms with Gasteiger partial charge in [0.15, 0.2) is 0 Å². The second-order valence-electron chi connectivity index (χ2n) is 4.68. The molecule has 94 valence electrons. The molecule has 0 atom stereocenters. The van der Waals surface area contributed by atoms with Gasteiger partial charge in [0, 0.05) is 25.0 Å². The summed E-state index contributed by atoms with van der Waals surface area (Å²) in [5, 5.41) is 1.11. The maximum Gasteiger partial charge on any atom is 0.0703 e. The Labute approximate surface area is 106 Å². The van der Waals surface area contributed by atoms with Gasteiger partial charge in [-0.15, -0.1) is 0 Å². The number of hydrogen-bond acceptors (Lipinski definition) is 4. The van der Waals surface area contributed by atoms with Crippen LogP contribution in [0.25, 0.3) is 10.9 Å². The van der Waals surface area contributed by atoms with Crippen LogP contribution in [-0.4, -0.2) is 36.2 Å². The second-order valence-corrected chi connectivity index (χ2v) is 4.68. The van der Waals surface area contributed by atoms with Gasteiger partial charge in [-0.05, 0) is 23.8 Å². The molecule has 0 radical (unpaired) electrons. The van der Waals surface area contributed by atoms with Crippen molar-refractivity contribution in [1.29, 1.82) is 0 Å². The van der Waals surface area contributed by atoms with Crippen LogP contribution in [-0.2, 0) is 11.3 Å². The normalized spacial score (nSPS) is 17.1. The average Bonchev–Trinajstić information content (AvgIpc) is 2.39.